The van der Waals surface area contributed by atoms with E-state index in [1.807, 2.05) is 24.5 Å². The van der Waals surface area contributed by atoms with Crippen molar-refractivity contribution in [2.75, 3.05) is 26.2 Å². The molecular weight excluding hydrogens is 384 g/mol. The van der Waals surface area contributed by atoms with Gasteiger partial charge in [-0.2, -0.15) is 0 Å². The Morgan fingerprint density at radius 1 is 0.903 bits per heavy atom. The number of hydrogen-bond donors (Lipinski definition) is 1. The summed E-state index contributed by atoms with van der Waals surface area (Å²) in [4.78, 5) is 13.8. The largest absolute Gasteiger partial charge is 0.395 e. The minimum absolute atomic E-state index is 0.212. The molecule has 1 aromatic carbocycles. The number of nitrogens with zero attached hydrogens (tertiary/aromatic N) is 4. The number of pyridine rings is 2. The van der Waals surface area contributed by atoms with Gasteiger partial charge in [-0.1, -0.05) is 36.4 Å². The lowest BCUT2D eigenvalue weighted by Crippen LogP contribution is -2.67. The highest BCUT2D eigenvalue weighted by Gasteiger charge is 2.49. The highest BCUT2D eigenvalue weighted by atomic mass is 16.3. The molecule has 0 radical (unpaired) electrons. The van der Waals surface area contributed by atoms with E-state index >= 15 is 0 Å². The van der Waals surface area contributed by atoms with Gasteiger partial charge in [0, 0.05) is 49.7 Å². The van der Waals surface area contributed by atoms with Crippen LogP contribution in [0.2, 0.25) is 0 Å². The van der Waals surface area contributed by atoms with Crippen molar-refractivity contribution in [3.8, 4) is 11.1 Å². The van der Waals surface area contributed by atoms with Gasteiger partial charge in [-0.05, 0) is 60.8 Å². The van der Waals surface area contributed by atoms with E-state index in [1.54, 1.807) is 6.20 Å². The number of aliphatic hydroxyl groups is 1. The number of aromatic nitrogens is 2. The van der Waals surface area contributed by atoms with Gasteiger partial charge in [0.25, 0.3) is 0 Å². The first kappa shape index (κ1) is 20.3. The molecule has 0 bridgehead atoms. The summed E-state index contributed by atoms with van der Waals surface area (Å²) in [6.45, 7) is 4.31. The van der Waals surface area contributed by atoms with Crippen molar-refractivity contribution in [1.82, 2.24) is 19.8 Å². The van der Waals surface area contributed by atoms with Crippen LogP contribution in [0, 0.1) is 0 Å². The van der Waals surface area contributed by atoms with Gasteiger partial charge < -0.3 is 5.11 Å². The standard InChI is InChI=1S/C26H30N4O/c31-19-25-26(21-10-8-20(9-11-21)22-6-5-12-27-16-22)24-18-29(14-3-4-15-30(24)25)17-23-7-1-2-13-28-23/h1-2,5-13,16,24-26,31H,3-4,14-15,17-19H2/t24-,25-,26-/m1/s1. The SMILES string of the molecule is OC[C@@H]1[C@H](c2ccc(-c3cccnc3)cc2)[C@H]2CN(Cc3ccccn3)CCCCN12. The van der Waals surface area contributed by atoms with Crippen LogP contribution < -0.4 is 0 Å². The maximum Gasteiger partial charge on any atom is 0.0593 e. The molecule has 0 unspecified atom stereocenters. The number of fused-ring (bicyclic) bond motifs is 1. The fourth-order valence-electron chi connectivity index (χ4n) is 5.31. The van der Waals surface area contributed by atoms with Crippen molar-refractivity contribution in [1.29, 1.82) is 0 Å². The zero-order valence-electron chi connectivity index (χ0n) is 17.8. The highest BCUT2D eigenvalue weighted by Crippen LogP contribution is 2.42. The van der Waals surface area contributed by atoms with Crippen LogP contribution in [-0.4, -0.2) is 63.2 Å². The summed E-state index contributed by atoms with van der Waals surface area (Å²) in [5, 5.41) is 10.2. The van der Waals surface area contributed by atoms with Crippen LogP contribution in [0.1, 0.15) is 30.0 Å². The summed E-state index contributed by atoms with van der Waals surface area (Å²) in [7, 11) is 0. The normalized spacial score (nSPS) is 24.6. The van der Waals surface area contributed by atoms with Gasteiger partial charge >= 0.3 is 0 Å². The smallest absolute Gasteiger partial charge is 0.0593 e. The molecule has 2 fully saturated rings. The highest BCUT2D eigenvalue weighted by molar-refractivity contribution is 5.62. The molecule has 3 atom stereocenters. The average molecular weight is 415 g/mol. The van der Waals surface area contributed by atoms with Gasteiger partial charge in [0.15, 0.2) is 0 Å². The third kappa shape index (κ3) is 4.26. The van der Waals surface area contributed by atoms with Crippen molar-refractivity contribution in [3.63, 3.8) is 0 Å². The van der Waals surface area contributed by atoms with Crippen LogP contribution in [0.5, 0.6) is 0 Å². The molecule has 5 rings (SSSR count). The minimum Gasteiger partial charge on any atom is -0.395 e. The second-order valence-corrected chi connectivity index (χ2v) is 8.71. The lowest BCUT2D eigenvalue weighted by atomic mass is 9.74. The molecule has 160 valence electrons. The van der Waals surface area contributed by atoms with Crippen LogP contribution >= 0.6 is 0 Å². The Kier molecular flexibility index (Phi) is 6.07. The quantitative estimate of drug-likeness (QED) is 0.692. The van der Waals surface area contributed by atoms with E-state index in [0.29, 0.717) is 12.0 Å². The second-order valence-electron chi connectivity index (χ2n) is 8.71. The summed E-state index contributed by atoms with van der Waals surface area (Å²) >= 11 is 0. The Labute approximate surface area is 184 Å². The molecule has 2 aliphatic heterocycles. The predicted molar refractivity (Wildman–Crippen MR) is 123 cm³/mol. The number of rotatable bonds is 5. The lowest BCUT2D eigenvalue weighted by molar-refractivity contribution is -0.0656. The van der Waals surface area contributed by atoms with Gasteiger partial charge in [0.2, 0.25) is 0 Å². The molecule has 5 heteroatoms. The summed E-state index contributed by atoms with van der Waals surface area (Å²) in [6.07, 6.45) is 7.96. The summed E-state index contributed by atoms with van der Waals surface area (Å²) < 4.78 is 0. The Bertz CT molecular complexity index is 964. The molecule has 3 aromatic rings. The van der Waals surface area contributed by atoms with Gasteiger partial charge in [-0.25, -0.2) is 0 Å². The molecule has 31 heavy (non-hydrogen) atoms. The van der Waals surface area contributed by atoms with Gasteiger partial charge in [0.05, 0.1) is 12.3 Å². The molecule has 0 aliphatic carbocycles. The Balaban J connectivity index is 1.36. The van der Waals surface area contributed by atoms with E-state index in [0.717, 1.165) is 37.4 Å². The molecule has 5 nitrogen and oxygen atoms in total. The van der Waals surface area contributed by atoms with Crippen LogP contribution in [0.4, 0.5) is 0 Å². The van der Waals surface area contributed by atoms with Crippen molar-refractivity contribution in [3.05, 3.63) is 84.4 Å². The maximum atomic E-state index is 10.2. The summed E-state index contributed by atoms with van der Waals surface area (Å²) in [5.41, 5.74) is 4.77. The monoisotopic (exact) mass is 414 g/mol. The predicted octanol–water partition coefficient (Wildman–Crippen LogP) is 3.57. The zero-order chi connectivity index (χ0) is 21.0. The van der Waals surface area contributed by atoms with Crippen molar-refractivity contribution in [2.24, 2.45) is 0 Å². The van der Waals surface area contributed by atoms with Crippen molar-refractivity contribution in [2.45, 2.75) is 37.4 Å². The molecule has 0 saturated carbocycles. The van der Waals surface area contributed by atoms with E-state index in [4.69, 9.17) is 0 Å². The van der Waals surface area contributed by atoms with Crippen molar-refractivity contribution >= 4 is 0 Å². The molecule has 4 heterocycles. The molecule has 2 saturated heterocycles. The van der Waals surface area contributed by atoms with Crippen molar-refractivity contribution < 1.29 is 5.11 Å². The topological polar surface area (TPSA) is 52.5 Å². The third-order valence-corrected chi connectivity index (χ3v) is 6.86. The first-order valence-corrected chi connectivity index (χ1v) is 11.3. The van der Waals surface area contributed by atoms with Crippen LogP contribution in [0.15, 0.2) is 73.2 Å². The molecule has 0 amide bonds. The number of aliphatic hydroxyl groups excluding tert-OH is 1. The minimum atomic E-state index is 0.212. The van der Waals surface area contributed by atoms with Gasteiger partial charge in [-0.15, -0.1) is 0 Å². The molecule has 2 aliphatic rings. The first-order valence-electron chi connectivity index (χ1n) is 11.3. The van der Waals surface area contributed by atoms with E-state index in [2.05, 4.69) is 62.2 Å². The van der Waals surface area contributed by atoms with Gasteiger partial charge in [-0.3, -0.25) is 19.8 Å². The molecule has 0 spiro atoms. The maximum absolute atomic E-state index is 10.2. The summed E-state index contributed by atoms with van der Waals surface area (Å²) in [6, 6.07) is 19.7. The summed E-state index contributed by atoms with van der Waals surface area (Å²) in [5.74, 6) is 0.359. The van der Waals surface area contributed by atoms with E-state index in [9.17, 15) is 5.11 Å². The van der Waals surface area contributed by atoms with Crippen LogP contribution in [0.25, 0.3) is 11.1 Å². The Morgan fingerprint density at radius 3 is 2.52 bits per heavy atom. The van der Waals surface area contributed by atoms with E-state index < -0.39 is 0 Å². The lowest BCUT2D eigenvalue weighted by Gasteiger charge is -2.57. The number of benzene rings is 1. The first-order chi connectivity index (χ1) is 15.3. The molecule has 1 N–H and O–H groups in total. The van der Waals surface area contributed by atoms with Gasteiger partial charge in [0.1, 0.15) is 0 Å². The molecule has 2 aromatic heterocycles. The van der Waals surface area contributed by atoms with Crippen LogP contribution in [0.3, 0.4) is 0 Å². The molecular formula is C26H30N4O. The number of hydrogen-bond acceptors (Lipinski definition) is 5. The Morgan fingerprint density at radius 2 is 1.77 bits per heavy atom. The average Bonchev–Trinajstić information content (AvgIpc) is 2.81. The fourth-order valence-corrected chi connectivity index (χ4v) is 5.31. The van der Waals surface area contributed by atoms with E-state index in [1.165, 1.54) is 24.0 Å². The van der Waals surface area contributed by atoms with E-state index in [-0.39, 0.29) is 12.6 Å². The zero-order valence-corrected chi connectivity index (χ0v) is 17.8. The third-order valence-electron chi connectivity index (χ3n) is 6.86. The fraction of sp³-hybridized carbons (Fsp3) is 0.385. The van der Waals surface area contributed by atoms with Crippen LogP contribution in [-0.2, 0) is 6.54 Å². The Hall–Kier alpha value is -2.60. The second kappa shape index (κ2) is 9.27.